The second-order valence-electron chi connectivity index (χ2n) is 6.01. The minimum Gasteiger partial charge on any atom is -0.339 e. The van der Waals surface area contributed by atoms with E-state index < -0.39 is 0 Å². The summed E-state index contributed by atoms with van der Waals surface area (Å²) >= 11 is 0. The van der Waals surface area contributed by atoms with Crippen LogP contribution in [-0.2, 0) is 4.79 Å². The highest BCUT2D eigenvalue weighted by Crippen LogP contribution is 2.14. The van der Waals surface area contributed by atoms with Gasteiger partial charge in [-0.15, -0.1) is 12.4 Å². The maximum atomic E-state index is 12.5. The summed E-state index contributed by atoms with van der Waals surface area (Å²) in [6.07, 6.45) is 1.88. The van der Waals surface area contributed by atoms with E-state index in [4.69, 9.17) is 5.73 Å². The van der Waals surface area contributed by atoms with Crippen LogP contribution in [0.25, 0.3) is 0 Å². The fourth-order valence-electron chi connectivity index (χ4n) is 2.23. The van der Waals surface area contributed by atoms with Crippen LogP contribution in [0.1, 0.15) is 50.9 Å². The van der Waals surface area contributed by atoms with Gasteiger partial charge in [0, 0.05) is 30.4 Å². The molecule has 0 saturated heterocycles. The number of halogens is 1. The first kappa shape index (κ1) is 22.4. The highest BCUT2D eigenvalue weighted by molar-refractivity contribution is 5.96. The van der Waals surface area contributed by atoms with Gasteiger partial charge in [0.1, 0.15) is 0 Å². The van der Waals surface area contributed by atoms with E-state index >= 15 is 0 Å². The predicted molar refractivity (Wildman–Crippen MR) is 102 cm³/mol. The molecule has 2 atom stereocenters. The number of carbonyl (C=O) groups excluding carboxylic acids is 2. The molecule has 136 valence electrons. The van der Waals surface area contributed by atoms with Crippen molar-refractivity contribution in [2.75, 3.05) is 18.4 Å². The van der Waals surface area contributed by atoms with Crippen molar-refractivity contribution in [3.8, 4) is 0 Å². The highest BCUT2D eigenvalue weighted by atomic mass is 35.5. The molecule has 0 radical (unpaired) electrons. The summed E-state index contributed by atoms with van der Waals surface area (Å²) in [4.78, 5) is 26.3. The molecule has 0 heterocycles. The highest BCUT2D eigenvalue weighted by Gasteiger charge is 2.18. The van der Waals surface area contributed by atoms with Gasteiger partial charge < -0.3 is 16.0 Å². The molecule has 1 aromatic carbocycles. The van der Waals surface area contributed by atoms with Crippen LogP contribution >= 0.6 is 12.4 Å². The van der Waals surface area contributed by atoms with Crippen LogP contribution in [0, 0.1) is 5.92 Å². The van der Waals surface area contributed by atoms with E-state index in [0.29, 0.717) is 11.3 Å². The van der Waals surface area contributed by atoms with Crippen molar-refractivity contribution in [3.63, 3.8) is 0 Å². The molecule has 0 saturated carbocycles. The molecule has 0 fully saturated rings. The molecule has 2 amide bonds. The van der Waals surface area contributed by atoms with E-state index in [1.165, 1.54) is 0 Å². The summed E-state index contributed by atoms with van der Waals surface area (Å²) in [5.74, 6) is -0.339. The van der Waals surface area contributed by atoms with Crippen molar-refractivity contribution in [3.05, 3.63) is 29.8 Å². The average molecular weight is 356 g/mol. The molecule has 0 aliphatic rings. The third-order valence-electron chi connectivity index (χ3n) is 3.88. The Hall–Kier alpha value is -1.59. The largest absolute Gasteiger partial charge is 0.339 e. The van der Waals surface area contributed by atoms with Gasteiger partial charge in [-0.2, -0.15) is 0 Å². The number of anilines is 1. The van der Waals surface area contributed by atoms with Crippen LogP contribution < -0.4 is 11.1 Å². The van der Waals surface area contributed by atoms with E-state index in [-0.39, 0.29) is 36.2 Å². The van der Waals surface area contributed by atoms with Gasteiger partial charge in [0.2, 0.25) is 5.91 Å². The first-order valence-electron chi connectivity index (χ1n) is 8.36. The number of rotatable bonds is 8. The first-order chi connectivity index (χ1) is 10.9. The van der Waals surface area contributed by atoms with Crippen LogP contribution in [0.2, 0.25) is 0 Å². The van der Waals surface area contributed by atoms with Crippen LogP contribution in [0.4, 0.5) is 5.69 Å². The summed E-state index contributed by atoms with van der Waals surface area (Å²) in [5, 5.41) is 2.82. The zero-order valence-electron chi connectivity index (χ0n) is 15.0. The Bertz CT molecular complexity index is 512. The third kappa shape index (κ3) is 6.49. The predicted octanol–water partition coefficient (Wildman–Crippen LogP) is 3.29. The van der Waals surface area contributed by atoms with Crippen molar-refractivity contribution in [2.24, 2.45) is 11.7 Å². The fraction of sp³-hybridized carbons (Fsp3) is 0.556. The van der Waals surface area contributed by atoms with E-state index in [9.17, 15) is 9.59 Å². The van der Waals surface area contributed by atoms with Gasteiger partial charge in [0.15, 0.2) is 0 Å². The maximum Gasteiger partial charge on any atom is 0.253 e. The lowest BCUT2D eigenvalue weighted by Crippen LogP contribution is -2.34. The Kier molecular flexibility index (Phi) is 10.3. The molecule has 1 aromatic rings. The van der Waals surface area contributed by atoms with Crippen LogP contribution in [-0.4, -0.2) is 35.8 Å². The molecule has 6 heteroatoms. The van der Waals surface area contributed by atoms with Gasteiger partial charge in [-0.1, -0.05) is 20.8 Å². The first-order valence-corrected chi connectivity index (χ1v) is 8.36. The molecule has 24 heavy (non-hydrogen) atoms. The van der Waals surface area contributed by atoms with Gasteiger partial charge in [-0.3, -0.25) is 9.59 Å². The lowest BCUT2D eigenvalue weighted by molar-refractivity contribution is -0.119. The molecule has 0 bridgehead atoms. The van der Waals surface area contributed by atoms with Gasteiger partial charge >= 0.3 is 0 Å². The molecule has 0 aliphatic carbocycles. The molecule has 0 aliphatic heterocycles. The van der Waals surface area contributed by atoms with Crippen LogP contribution in [0.3, 0.4) is 0 Å². The van der Waals surface area contributed by atoms with Gasteiger partial charge in [0.05, 0.1) is 5.92 Å². The number of amides is 2. The minimum atomic E-state index is -0.263. The number of nitrogens with one attached hydrogen (secondary N) is 1. The smallest absolute Gasteiger partial charge is 0.253 e. The van der Waals surface area contributed by atoms with Crippen molar-refractivity contribution < 1.29 is 9.59 Å². The Morgan fingerprint density at radius 3 is 2.00 bits per heavy atom. The molecular weight excluding hydrogens is 326 g/mol. The zero-order chi connectivity index (χ0) is 17.4. The monoisotopic (exact) mass is 355 g/mol. The maximum absolute atomic E-state index is 12.5. The van der Waals surface area contributed by atoms with Gasteiger partial charge in [0.25, 0.3) is 5.91 Å². The molecule has 0 aromatic heterocycles. The number of nitrogens with zero attached hydrogens (tertiary/aromatic N) is 1. The number of carbonyl (C=O) groups is 2. The van der Waals surface area contributed by atoms with Crippen molar-refractivity contribution in [2.45, 2.75) is 46.6 Å². The van der Waals surface area contributed by atoms with Crippen molar-refractivity contribution in [1.29, 1.82) is 0 Å². The number of hydrogen-bond donors (Lipinski definition) is 2. The molecular formula is C18H30ClN3O2. The molecule has 1 rings (SSSR count). The average Bonchev–Trinajstić information content (AvgIpc) is 2.53. The molecule has 2 unspecified atom stereocenters. The molecule has 3 N–H and O–H groups in total. The summed E-state index contributed by atoms with van der Waals surface area (Å²) in [5.41, 5.74) is 7.05. The topological polar surface area (TPSA) is 75.4 Å². The van der Waals surface area contributed by atoms with Gasteiger partial charge in [-0.05, 0) is 44.0 Å². The summed E-state index contributed by atoms with van der Waals surface area (Å²) < 4.78 is 0. The van der Waals surface area contributed by atoms with Crippen LogP contribution in [0.15, 0.2) is 24.3 Å². The van der Waals surface area contributed by atoms with Gasteiger partial charge in [-0.25, -0.2) is 0 Å². The zero-order valence-corrected chi connectivity index (χ0v) is 15.9. The molecule has 5 nitrogen and oxygen atoms in total. The lowest BCUT2D eigenvalue weighted by Gasteiger charge is -2.21. The Balaban J connectivity index is 0.00000529. The lowest BCUT2D eigenvalue weighted by atomic mass is 10.0. The van der Waals surface area contributed by atoms with Crippen LogP contribution in [0.5, 0.6) is 0 Å². The standard InChI is InChI=1S/C18H29N3O2.ClH/c1-5-11-21(12-6-2)18(23)15-7-9-16(10-8-15)20-17(22)13(3)14(4)19;/h7-10,13-14H,5-6,11-12,19H2,1-4H3,(H,20,22);1H. The minimum absolute atomic E-state index is 0. The van der Waals surface area contributed by atoms with E-state index in [0.717, 1.165) is 25.9 Å². The second-order valence-corrected chi connectivity index (χ2v) is 6.01. The van der Waals surface area contributed by atoms with Crippen molar-refractivity contribution in [1.82, 2.24) is 4.90 Å². The summed E-state index contributed by atoms with van der Waals surface area (Å²) in [6, 6.07) is 6.83. The molecule has 0 spiro atoms. The van der Waals surface area contributed by atoms with E-state index in [1.807, 2.05) is 11.8 Å². The Labute approximate surface area is 151 Å². The number of nitrogens with two attached hydrogens (primary N) is 1. The third-order valence-corrected chi connectivity index (χ3v) is 3.88. The summed E-state index contributed by atoms with van der Waals surface area (Å²) in [7, 11) is 0. The Morgan fingerprint density at radius 1 is 1.08 bits per heavy atom. The SMILES string of the molecule is CCCN(CCC)C(=O)c1ccc(NC(=O)C(C)C(C)N)cc1.Cl. The normalized spacial score (nSPS) is 12.7. The summed E-state index contributed by atoms with van der Waals surface area (Å²) in [6.45, 7) is 9.25. The van der Waals surface area contributed by atoms with Crippen molar-refractivity contribution >= 4 is 29.9 Å². The second kappa shape index (κ2) is 11.0. The Morgan fingerprint density at radius 2 is 1.58 bits per heavy atom. The van der Waals surface area contributed by atoms with E-state index in [2.05, 4.69) is 19.2 Å². The fourth-order valence-corrected chi connectivity index (χ4v) is 2.23. The quantitative estimate of drug-likeness (QED) is 0.751. The number of hydrogen-bond acceptors (Lipinski definition) is 3. The van der Waals surface area contributed by atoms with E-state index in [1.54, 1.807) is 31.2 Å². The number of benzene rings is 1.